The van der Waals surface area contributed by atoms with Crippen molar-refractivity contribution < 1.29 is 26.7 Å². The number of likely N-dealkylation sites (N-methyl/N-ethyl adjacent to an activating group) is 1. The highest BCUT2D eigenvalue weighted by molar-refractivity contribution is 7.16. The molecule has 38 heavy (non-hydrogen) atoms. The number of amides is 1. The monoisotopic (exact) mass is 549 g/mol. The second kappa shape index (κ2) is 10.7. The van der Waals surface area contributed by atoms with Gasteiger partial charge in [-0.1, -0.05) is 6.08 Å². The van der Waals surface area contributed by atoms with Gasteiger partial charge in [0.1, 0.15) is 11.6 Å². The number of hydrogen-bond acceptors (Lipinski definition) is 4. The zero-order valence-electron chi connectivity index (χ0n) is 20.8. The summed E-state index contributed by atoms with van der Waals surface area (Å²) in [6, 6.07) is 3.12. The molecule has 0 radical (unpaired) electrons. The molecule has 12 heteroatoms. The van der Waals surface area contributed by atoms with Gasteiger partial charge in [-0.25, -0.2) is 13.6 Å². The fourth-order valence-corrected chi connectivity index (χ4v) is 5.51. The second-order valence-corrected chi connectivity index (χ2v) is 10.2. The molecule has 1 unspecified atom stereocenters. The molecule has 0 aliphatic carbocycles. The van der Waals surface area contributed by atoms with E-state index in [2.05, 4.69) is 9.94 Å². The van der Waals surface area contributed by atoms with E-state index >= 15 is 4.39 Å². The third-order valence-corrected chi connectivity index (χ3v) is 7.21. The summed E-state index contributed by atoms with van der Waals surface area (Å²) in [5, 5.41) is 3.91. The number of halogens is 5. The SMILES string of the molecule is [C-]#[N+]c1cc2c(s1)CN(C(=O)/C=C/CN(C)C)CC2c1cc(F)cc(F)c1-c1cn(CC)nc1C(F)(F)F. The van der Waals surface area contributed by atoms with Gasteiger partial charge in [0.25, 0.3) is 0 Å². The minimum atomic E-state index is -4.88. The van der Waals surface area contributed by atoms with Gasteiger partial charge in [0.05, 0.1) is 13.1 Å². The maximum Gasteiger partial charge on any atom is 0.435 e. The molecular formula is C26H24F5N5OS. The number of thiophene rings is 1. The zero-order valence-corrected chi connectivity index (χ0v) is 21.6. The number of aromatic nitrogens is 2. The molecule has 6 nitrogen and oxygen atoms in total. The van der Waals surface area contributed by atoms with Crippen molar-refractivity contribution in [1.82, 2.24) is 19.6 Å². The molecule has 1 aromatic carbocycles. The van der Waals surface area contributed by atoms with Crippen LogP contribution in [0.15, 0.2) is 36.5 Å². The Morgan fingerprint density at radius 3 is 2.63 bits per heavy atom. The Hall–Kier alpha value is -3.56. The number of carbonyl (C=O) groups is 1. The van der Waals surface area contributed by atoms with Crippen molar-refractivity contribution in [2.45, 2.75) is 32.1 Å². The van der Waals surface area contributed by atoms with Crippen LogP contribution in [0.25, 0.3) is 16.0 Å². The third-order valence-electron chi connectivity index (χ3n) is 6.18. The molecule has 3 heterocycles. The van der Waals surface area contributed by atoms with Crippen LogP contribution in [0.1, 0.15) is 34.5 Å². The lowest BCUT2D eigenvalue weighted by Gasteiger charge is -2.34. The van der Waals surface area contributed by atoms with E-state index < -0.39 is 40.5 Å². The number of fused-ring (bicyclic) bond motifs is 1. The summed E-state index contributed by atoms with van der Waals surface area (Å²) >= 11 is 1.14. The van der Waals surface area contributed by atoms with Crippen molar-refractivity contribution >= 4 is 22.2 Å². The van der Waals surface area contributed by atoms with Crippen LogP contribution >= 0.6 is 11.3 Å². The Balaban J connectivity index is 1.90. The Morgan fingerprint density at radius 1 is 1.26 bits per heavy atom. The van der Waals surface area contributed by atoms with Gasteiger partial charge in [-0.2, -0.15) is 29.6 Å². The van der Waals surface area contributed by atoms with Gasteiger partial charge in [0, 0.05) is 59.9 Å². The maximum absolute atomic E-state index is 15.4. The van der Waals surface area contributed by atoms with Gasteiger partial charge in [0.2, 0.25) is 10.9 Å². The van der Waals surface area contributed by atoms with E-state index in [1.807, 2.05) is 19.0 Å². The van der Waals surface area contributed by atoms with Crippen LogP contribution in [0.3, 0.4) is 0 Å². The van der Waals surface area contributed by atoms with E-state index in [9.17, 15) is 22.4 Å². The number of aryl methyl sites for hydroxylation is 1. The van der Waals surface area contributed by atoms with Crippen LogP contribution in [0, 0.1) is 18.2 Å². The van der Waals surface area contributed by atoms with Crippen LogP contribution in [0.2, 0.25) is 0 Å². The first-order chi connectivity index (χ1) is 17.9. The number of hydrogen-bond donors (Lipinski definition) is 0. The van der Waals surface area contributed by atoms with Crippen molar-refractivity contribution in [3.05, 3.63) is 81.3 Å². The highest BCUT2D eigenvalue weighted by Crippen LogP contribution is 2.46. The Kier molecular flexibility index (Phi) is 7.71. The average Bonchev–Trinajstić information content (AvgIpc) is 3.46. The van der Waals surface area contributed by atoms with Crippen LogP contribution in [-0.2, 0) is 24.1 Å². The first-order valence-electron chi connectivity index (χ1n) is 11.7. The van der Waals surface area contributed by atoms with E-state index in [1.165, 1.54) is 11.0 Å². The Bertz CT molecular complexity index is 1430. The van der Waals surface area contributed by atoms with Crippen LogP contribution in [-0.4, -0.2) is 52.7 Å². The van der Waals surface area contributed by atoms with Crippen LogP contribution in [0.4, 0.5) is 27.0 Å². The van der Waals surface area contributed by atoms with E-state index in [1.54, 1.807) is 19.1 Å². The molecule has 3 aromatic rings. The van der Waals surface area contributed by atoms with Gasteiger partial charge < -0.3 is 9.80 Å². The van der Waals surface area contributed by atoms with Crippen molar-refractivity contribution in [2.75, 3.05) is 27.2 Å². The number of alkyl halides is 3. The van der Waals surface area contributed by atoms with Gasteiger partial charge in [-0.3, -0.25) is 9.48 Å². The Labute approximate surface area is 220 Å². The molecule has 4 rings (SSSR count). The largest absolute Gasteiger partial charge is 0.435 e. The van der Waals surface area contributed by atoms with E-state index in [0.29, 0.717) is 28.1 Å². The summed E-state index contributed by atoms with van der Waals surface area (Å²) in [5.41, 5.74) is -1.71. The standard InChI is InChI=1S/C26H24F5N5OS/c1-5-36-13-19(25(33-36)26(29,30)31)24-17(9-15(27)10-20(24)28)18-12-35(23(37)7-6-8-34(3)4)14-21-16(18)11-22(32-2)38-21/h6-7,9-11,13,18H,5,8,12,14H2,1,3-4H3/b7-6+. The zero-order chi connectivity index (χ0) is 27.8. The van der Waals surface area contributed by atoms with E-state index in [-0.39, 0.29) is 31.1 Å². The Morgan fingerprint density at radius 2 is 2.00 bits per heavy atom. The summed E-state index contributed by atoms with van der Waals surface area (Å²) in [6.45, 7) is 9.76. The predicted octanol–water partition coefficient (Wildman–Crippen LogP) is 6.07. The number of nitrogens with zero attached hydrogens (tertiary/aromatic N) is 5. The average molecular weight is 550 g/mol. The van der Waals surface area contributed by atoms with Crippen LogP contribution in [0.5, 0.6) is 0 Å². The molecule has 0 fully saturated rings. The van der Waals surface area contributed by atoms with Crippen molar-refractivity contribution in [2.24, 2.45) is 0 Å². The van der Waals surface area contributed by atoms with Gasteiger partial charge in [-0.05, 0) is 44.3 Å². The lowest BCUT2D eigenvalue weighted by molar-refractivity contribution is -0.141. The van der Waals surface area contributed by atoms with Crippen molar-refractivity contribution in [1.29, 1.82) is 0 Å². The van der Waals surface area contributed by atoms with E-state index in [0.717, 1.165) is 28.3 Å². The summed E-state index contributed by atoms with van der Waals surface area (Å²) in [4.78, 5) is 20.4. The quantitative estimate of drug-likeness (QED) is 0.213. The fraction of sp³-hybridized carbons (Fsp3) is 0.346. The molecule has 1 amide bonds. The molecule has 0 saturated carbocycles. The van der Waals surface area contributed by atoms with Crippen LogP contribution < -0.4 is 0 Å². The topological polar surface area (TPSA) is 45.7 Å². The lowest BCUT2D eigenvalue weighted by atomic mass is 9.83. The number of benzene rings is 1. The molecule has 1 aliphatic rings. The van der Waals surface area contributed by atoms with Crippen molar-refractivity contribution in [3.63, 3.8) is 0 Å². The molecule has 0 saturated heterocycles. The summed E-state index contributed by atoms with van der Waals surface area (Å²) in [6.07, 6.45) is -0.721. The summed E-state index contributed by atoms with van der Waals surface area (Å²) in [7, 11) is 3.68. The number of carbonyl (C=O) groups excluding carboxylic acids is 1. The first-order valence-corrected chi connectivity index (χ1v) is 12.5. The lowest BCUT2D eigenvalue weighted by Crippen LogP contribution is -2.37. The smallest absolute Gasteiger partial charge is 0.333 e. The molecule has 1 aliphatic heterocycles. The number of rotatable bonds is 6. The molecule has 2 aromatic heterocycles. The first kappa shape index (κ1) is 27.5. The second-order valence-electron chi connectivity index (χ2n) is 9.11. The predicted molar refractivity (Wildman–Crippen MR) is 134 cm³/mol. The highest BCUT2D eigenvalue weighted by Gasteiger charge is 2.40. The van der Waals surface area contributed by atoms with Crippen molar-refractivity contribution in [3.8, 4) is 11.1 Å². The summed E-state index contributed by atoms with van der Waals surface area (Å²) in [5.74, 6) is -3.36. The van der Waals surface area contributed by atoms with Gasteiger partial charge in [0.15, 0.2) is 5.69 Å². The molecule has 1 atom stereocenters. The highest BCUT2D eigenvalue weighted by atomic mass is 32.1. The minimum Gasteiger partial charge on any atom is -0.333 e. The fourth-order valence-electron chi connectivity index (χ4n) is 4.49. The molecule has 0 N–H and O–H groups in total. The van der Waals surface area contributed by atoms with Gasteiger partial charge in [-0.15, -0.1) is 0 Å². The molecular weight excluding hydrogens is 525 g/mol. The maximum atomic E-state index is 15.4. The summed E-state index contributed by atoms with van der Waals surface area (Å²) < 4.78 is 72.8. The normalized spacial score (nSPS) is 15.8. The molecule has 0 bridgehead atoms. The van der Waals surface area contributed by atoms with E-state index in [4.69, 9.17) is 6.57 Å². The minimum absolute atomic E-state index is 0.0362. The molecule has 0 spiro atoms. The third kappa shape index (κ3) is 5.49. The molecule has 200 valence electrons. The van der Waals surface area contributed by atoms with Gasteiger partial charge >= 0.3 is 6.18 Å².